The van der Waals surface area contributed by atoms with Gasteiger partial charge in [-0.3, -0.25) is 9.59 Å². The molecule has 1 unspecified atom stereocenters. The second kappa shape index (κ2) is 5.84. The Kier molecular flexibility index (Phi) is 5.39. The molecule has 0 aromatic heterocycles. The summed E-state index contributed by atoms with van der Waals surface area (Å²) in [7, 11) is 0. The summed E-state index contributed by atoms with van der Waals surface area (Å²) < 4.78 is 5.02. The molecule has 1 N–H and O–H groups in total. The average Bonchev–Trinajstić information content (AvgIpc) is 2.24. The first-order valence-electron chi connectivity index (χ1n) is 5.71. The van der Waals surface area contributed by atoms with Crippen molar-refractivity contribution in [2.45, 2.75) is 40.5 Å². The molecule has 0 amide bonds. The quantitative estimate of drug-likeness (QED) is 0.550. The van der Waals surface area contributed by atoms with Crippen LogP contribution in [0.15, 0.2) is 12.7 Å². The molecule has 0 aromatic rings. The van der Waals surface area contributed by atoms with E-state index in [4.69, 9.17) is 9.84 Å². The van der Waals surface area contributed by atoms with Crippen molar-refractivity contribution < 1.29 is 19.4 Å². The third-order valence-corrected chi connectivity index (χ3v) is 3.02. The lowest BCUT2D eigenvalue weighted by Gasteiger charge is -2.32. The highest BCUT2D eigenvalue weighted by Gasteiger charge is 2.41. The van der Waals surface area contributed by atoms with Gasteiger partial charge in [-0.05, 0) is 33.6 Å². The minimum Gasteiger partial charge on any atom is -0.481 e. The Labute approximate surface area is 103 Å². The van der Waals surface area contributed by atoms with Gasteiger partial charge in [-0.1, -0.05) is 19.6 Å². The number of esters is 1. The van der Waals surface area contributed by atoms with Gasteiger partial charge in [0, 0.05) is 0 Å². The van der Waals surface area contributed by atoms with E-state index in [1.54, 1.807) is 20.8 Å². The molecule has 0 spiro atoms. The Morgan fingerprint density at radius 2 is 1.88 bits per heavy atom. The molecule has 0 radical (unpaired) electrons. The Hall–Kier alpha value is -1.32. The molecule has 0 aromatic carbocycles. The highest BCUT2D eigenvalue weighted by atomic mass is 16.5. The van der Waals surface area contributed by atoms with Gasteiger partial charge in [-0.25, -0.2) is 0 Å². The molecule has 0 rings (SSSR count). The maximum atomic E-state index is 11.9. The number of ether oxygens (including phenoxy) is 1. The Morgan fingerprint density at radius 1 is 1.35 bits per heavy atom. The maximum Gasteiger partial charge on any atom is 0.312 e. The smallest absolute Gasteiger partial charge is 0.312 e. The zero-order valence-electron chi connectivity index (χ0n) is 11.1. The summed E-state index contributed by atoms with van der Waals surface area (Å²) >= 11 is 0. The number of carbonyl (C=O) groups is 2. The van der Waals surface area contributed by atoms with Crippen LogP contribution >= 0.6 is 0 Å². The van der Waals surface area contributed by atoms with Crippen molar-refractivity contribution in [3.05, 3.63) is 12.7 Å². The molecular formula is C13H22O4. The summed E-state index contributed by atoms with van der Waals surface area (Å²) in [6.45, 7) is 10.5. The molecule has 0 bridgehead atoms. The molecule has 98 valence electrons. The van der Waals surface area contributed by atoms with Gasteiger partial charge in [0.1, 0.15) is 6.61 Å². The predicted octanol–water partition coefficient (Wildman–Crippen LogP) is 2.63. The van der Waals surface area contributed by atoms with Crippen LogP contribution < -0.4 is 0 Å². The molecule has 0 fully saturated rings. The zero-order chi connectivity index (χ0) is 13.7. The fraction of sp³-hybridized carbons (Fsp3) is 0.692. The number of hydrogen-bond donors (Lipinski definition) is 1. The minimum absolute atomic E-state index is 0.155. The van der Waals surface area contributed by atoms with E-state index in [0.717, 1.165) is 0 Å². The van der Waals surface area contributed by atoms with Crippen LogP contribution in [0.2, 0.25) is 0 Å². The third-order valence-electron chi connectivity index (χ3n) is 3.02. The van der Waals surface area contributed by atoms with E-state index in [0.29, 0.717) is 6.42 Å². The van der Waals surface area contributed by atoms with Crippen LogP contribution in [-0.4, -0.2) is 23.7 Å². The number of hydrogen-bond acceptors (Lipinski definition) is 3. The summed E-state index contributed by atoms with van der Waals surface area (Å²) in [5.41, 5.74) is -1.72. The van der Waals surface area contributed by atoms with Gasteiger partial charge < -0.3 is 9.84 Å². The second-order valence-corrected chi connectivity index (χ2v) is 5.17. The molecule has 4 nitrogen and oxygen atoms in total. The van der Waals surface area contributed by atoms with E-state index in [9.17, 15) is 9.59 Å². The van der Waals surface area contributed by atoms with Crippen LogP contribution in [0.1, 0.15) is 40.5 Å². The molecule has 17 heavy (non-hydrogen) atoms. The minimum atomic E-state index is -0.946. The molecular weight excluding hydrogens is 220 g/mol. The van der Waals surface area contributed by atoms with Crippen LogP contribution in [0.5, 0.6) is 0 Å². The van der Waals surface area contributed by atoms with Crippen LogP contribution in [-0.2, 0) is 14.3 Å². The van der Waals surface area contributed by atoms with E-state index in [2.05, 4.69) is 6.58 Å². The number of aliphatic carboxylic acids is 1. The van der Waals surface area contributed by atoms with Crippen molar-refractivity contribution in [1.82, 2.24) is 0 Å². The van der Waals surface area contributed by atoms with E-state index < -0.39 is 16.8 Å². The average molecular weight is 242 g/mol. The van der Waals surface area contributed by atoms with E-state index in [1.165, 1.54) is 6.08 Å². The first-order valence-corrected chi connectivity index (χ1v) is 5.71. The van der Waals surface area contributed by atoms with Gasteiger partial charge in [0.15, 0.2) is 0 Å². The topological polar surface area (TPSA) is 63.6 Å². The van der Waals surface area contributed by atoms with E-state index in [1.807, 2.05) is 6.92 Å². The lowest BCUT2D eigenvalue weighted by atomic mass is 9.72. The number of carboxylic acids is 1. The lowest BCUT2D eigenvalue weighted by molar-refractivity contribution is -0.159. The SMILES string of the molecule is C=CCOC(=O)C(C)(CC)CC(C)(C)C(=O)O. The Balaban J connectivity index is 4.84. The molecule has 0 aliphatic carbocycles. The summed E-state index contributed by atoms with van der Waals surface area (Å²) in [4.78, 5) is 23.0. The maximum absolute atomic E-state index is 11.9. The van der Waals surface area contributed by atoms with Gasteiger partial charge in [0.05, 0.1) is 10.8 Å². The van der Waals surface area contributed by atoms with Gasteiger partial charge in [-0.15, -0.1) is 0 Å². The van der Waals surface area contributed by atoms with Crippen molar-refractivity contribution in [3.8, 4) is 0 Å². The van der Waals surface area contributed by atoms with Crippen LogP contribution in [0.4, 0.5) is 0 Å². The number of carbonyl (C=O) groups excluding carboxylic acids is 1. The third kappa shape index (κ3) is 4.21. The first-order chi connectivity index (χ1) is 7.69. The summed E-state index contributed by atoms with van der Waals surface area (Å²) in [6.07, 6.45) is 2.29. The van der Waals surface area contributed by atoms with Gasteiger partial charge >= 0.3 is 11.9 Å². The number of rotatable bonds is 7. The molecule has 0 aliphatic rings. The van der Waals surface area contributed by atoms with Gasteiger partial charge in [0.25, 0.3) is 0 Å². The van der Waals surface area contributed by atoms with Crippen molar-refractivity contribution in [2.75, 3.05) is 6.61 Å². The van der Waals surface area contributed by atoms with Crippen LogP contribution in [0.3, 0.4) is 0 Å². The zero-order valence-corrected chi connectivity index (χ0v) is 11.1. The summed E-state index contributed by atoms with van der Waals surface area (Å²) in [5.74, 6) is -1.28. The normalized spacial score (nSPS) is 14.8. The van der Waals surface area contributed by atoms with Crippen molar-refractivity contribution in [1.29, 1.82) is 0 Å². The fourth-order valence-electron chi connectivity index (χ4n) is 1.70. The molecule has 0 saturated heterocycles. The van der Waals surface area contributed by atoms with Gasteiger partial charge in [-0.2, -0.15) is 0 Å². The largest absolute Gasteiger partial charge is 0.481 e. The Bertz CT molecular complexity index is 307. The highest BCUT2D eigenvalue weighted by Crippen LogP contribution is 2.37. The Morgan fingerprint density at radius 3 is 2.24 bits per heavy atom. The van der Waals surface area contributed by atoms with Crippen molar-refractivity contribution in [2.24, 2.45) is 10.8 Å². The number of carboxylic acid groups (broad SMARTS) is 1. The molecule has 0 aliphatic heterocycles. The van der Waals surface area contributed by atoms with E-state index in [-0.39, 0.29) is 19.0 Å². The second-order valence-electron chi connectivity index (χ2n) is 5.17. The van der Waals surface area contributed by atoms with Crippen LogP contribution in [0.25, 0.3) is 0 Å². The lowest BCUT2D eigenvalue weighted by Crippen LogP contribution is -2.37. The van der Waals surface area contributed by atoms with Crippen molar-refractivity contribution >= 4 is 11.9 Å². The van der Waals surface area contributed by atoms with E-state index >= 15 is 0 Å². The summed E-state index contributed by atoms with van der Waals surface area (Å²) in [5, 5.41) is 9.09. The predicted molar refractivity (Wildman–Crippen MR) is 65.6 cm³/mol. The molecule has 4 heteroatoms. The molecule has 1 atom stereocenters. The monoisotopic (exact) mass is 242 g/mol. The van der Waals surface area contributed by atoms with Gasteiger partial charge in [0.2, 0.25) is 0 Å². The standard InChI is InChI=1S/C13H22O4/c1-6-8-17-11(16)13(5,7-2)9-12(3,4)10(14)15/h6H,1,7-9H2,2-5H3,(H,14,15). The fourth-order valence-corrected chi connectivity index (χ4v) is 1.70. The molecule has 0 saturated carbocycles. The van der Waals surface area contributed by atoms with Crippen molar-refractivity contribution in [3.63, 3.8) is 0 Å². The summed E-state index contributed by atoms with van der Waals surface area (Å²) in [6, 6.07) is 0. The highest BCUT2D eigenvalue weighted by molar-refractivity contribution is 5.79. The first kappa shape index (κ1) is 15.7. The van der Waals surface area contributed by atoms with Crippen LogP contribution in [0, 0.1) is 10.8 Å². The molecule has 0 heterocycles.